The smallest absolute Gasteiger partial charge is 0.306 e. The Morgan fingerprint density at radius 1 is 0.318 bits per heavy atom. The minimum atomic E-state index is -0.820. The Balaban J connectivity index is 4.29. The fourth-order valence-electron chi connectivity index (χ4n) is 7.04. The van der Waals surface area contributed by atoms with Gasteiger partial charge < -0.3 is 14.2 Å². The van der Waals surface area contributed by atoms with Gasteiger partial charge in [0.15, 0.2) is 6.10 Å². The summed E-state index contributed by atoms with van der Waals surface area (Å²) in [6.07, 6.45) is 72.5. The van der Waals surface area contributed by atoms with Crippen LogP contribution in [0, 0.1) is 0 Å². The molecule has 0 aromatic rings. The lowest BCUT2D eigenvalue weighted by Crippen LogP contribution is -2.30. The summed E-state index contributed by atoms with van der Waals surface area (Å²) >= 11 is 0. The summed E-state index contributed by atoms with van der Waals surface area (Å²) in [6.45, 7) is 6.27. The summed E-state index contributed by atoms with van der Waals surface area (Å²) in [5.74, 6) is -1.01. The Labute approximate surface area is 406 Å². The van der Waals surface area contributed by atoms with E-state index in [0.717, 1.165) is 109 Å². The Morgan fingerprint density at radius 3 is 1.00 bits per heavy atom. The van der Waals surface area contributed by atoms with Crippen LogP contribution in [0.4, 0.5) is 0 Å². The van der Waals surface area contributed by atoms with Crippen molar-refractivity contribution in [2.24, 2.45) is 0 Å². The summed E-state index contributed by atoms with van der Waals surface area (Å²) < 4.78 is 16.7. The average Bonchev–Trinajstić information content (AvgIpc) is 3.31. The molecule has 6 nitrogen and oxygen atoms in total. The molecule has 0 fully saturated rings. The van der Waals surface area contributed by atoms with E-state index in [9.17, 15) is 14.4 Å². The van der Waals surface area contributed by atoms with Gasteiger partial charge in [-0.05, 0) is 103 Å². The number of esters is 3. The van der Waals surface area contributed by atoms with Gasteiger partial charge in [-0.25, -0.2) is 0 Å². The summed E-state index contributed by atoms with van der Waals surface area (Å²) in [6, 6.07) is 0. The van der Waals surface area contributed by atoms with Crippen molar-refractivity contribution < 1.29 is 28.6 Å². The molecule has 0 bridgehead atoms. The zero-order valence-corrected chi connectivity index (χ0v) is 42.7. The van der Waals surface area contributed by atoms with Crippen molar-refractivity contribution in [1.82, 2.24) is 0 Å². The normalized spacial score (nSPS) is 13.0. The number of hydrogen-bond acceptors (Lipinski definition) is 6. The molecule has 374 valence electrons. The molecule has 1 atom stereocenters. The molecule has 0 aromatic carbocycles. The average molecular weight is 915 g/mol. The van der Waals surface area contributed by atoms with E-state index < -0.39 is 12.1 Å². The molecule has 0 radical (unpaired) electrons. The largest absolute Gasteiger partial charge is 0.462 e. The van der Waals surface area contributed by atoms with Gasteiger partial charge in [0, 0.05) is 19.3 Å². The molecule has 0 heterocycles. The van der Waals surface area contributed by atoms with Gasteiger partial charge in [-0.2, -0.15) is 0 Å². The van der Waals surface area contributed by atoms with Crippen LogP contribution in [0.5, 0.6) is 0 Å². The van der Waals surface area contributed by atoms with Gasteiger partial charge in [-0.15, -0.1) is 0 Å². The van der Waals surface area contributed by atoms with E-state index >= 15 is 0 Å². The first-order valence-corrected chi connectivity index (χ1v) is 26.9. The van der Waals surface area contributed by atoms with Crippen LogP contribution in [-0.2, 0) is 28.6 Å². The molecule has 0 amide bonds. The van der Waals surface area contributed by atoms with Crippen molar-refractivity contribution in [3.05, 3.63) is 109 Å². The summed E-state index contributed by atoms with van der Waals surface area (Å²) in [4.78, 5) is 37.9. The maximum Gasteiger partial charge on any atom is 0.306 e. The monoisotopic (exact) mass is 915 g/mol. The molecule has 0 aliphatic carbocycles. The van der Waals surface area contributed by atoms with Crippen LogP contribution >= 0.6 is 0 Å². The Kier molecular flexibility index (Phi) is 50.5. The quantitative estimate of drug-likeness (QED) is 0.0262. The predicted octanol–water partition coefficient (Wildman–Crippen LogP) is 17.9. The molecule has 0 saturated heterocycles. The highest BCUT2D eigenvalue weighted by molar-refractivity contribution is 5.71. The molecule has 0 saturated carbocycles. The molecule has 66 heavy (non-hydrogen) atoms. The van der Waals surface area contributed by atoms with Crippen LogP contribution in [-0.4, -0.2) is 37.2 Å². The molecule has 0 aliphatic heterocycles. The molecular weight excluding hydrogens is 817 g/mol. The van der Waals surface area contributed by atoms with Gasteiger partial charge in [-0.3, -0.25) is 14.4 Å². The minimum absolute atomic E-state index is 0.111. The van der Waals surface area contributed by atoms with E-state index in [4.69, 9.17) is 14.2 Å². The van der Waals surface area contributed by atoms with Crippen molar-refractivity contribution >= 4 is 17.9 Å². The van der Waals surface area contributed by atoms with E-state index in [-0.39, 0.29) is 31.6 Å². The van der Waals surface area contributed by atoms with Gasteiger partial charge in [0.05, 0.1) is 0 Å². The lowest BCUT2D eigenvalue weighted by Gasteiger charge is -2.18. The van der Waals surface area contributed by atoms with E-state index in [1.807, 2.05) is 12.2 Å². The van der Waals surface area contributed by atoms with Gasteiger partial charge in [0.1, 0.15) is 13.2 Å². The fraction of sp³-hybridized carbons (Fsp3) is 0.650. The number of ether oxygens (including phenoxy) is 3. The van der Waals surface area contributed by atoms with E-state index in [1.165, 1.54) is 77.0 Å². The summed E-state index contributed by atoms with van der Waals surface area (Å²) in [5, 5.41) is 0. The van der Waals surface area contributed by atoms with E-state index in [0.29, 0.717) is 19.3 Å². The molecule has 1 unspecified atom stereocenters. The van der Waals surface area contributed by atoms with Crippen LogP contribution in [0.25, 0.3) is 0 Å². The molecule has 0 rings (SSSR count). The second-order valence-corrected chi connectivity index (χ2v) is 17.4. The summed E-state index contributed by atoms with van der Waals surface area (Å²) in [7, 11) is 0. The number of carbonyl (C=O) groups excluding carboxylic acids is 3. The van der Waals surface area contributed by atoms with Crippen molar-refractivity contribution in [3.8, 4) is 0 Å². The molecule has 0 N–H and O–H groups in total. The highest BCUT2D eigenvalue weighted by Crippen LogP contribution is 2.14. The maximum absolute atomic E-state index is 12.7. The zero-order valence-electron chi connectivity index (χ0n) is 42.7. The fourth-order valence-corrected chi connectivity index (χ4v) is 7.04. The van der Waals surface area contributed by atoms with Gasteiger partial charge in [0.2, 0.25) is 0 Å². The molecule has 6 heteroatoms. The van der Waals surface area contributed by atoms with Gasteiger partial charge in [0.25, 0.3) is 0 Å². The van der Waals surface area contributed by atoms with Crippen molar-refractivity contribution in [3.63, 3.8) is 0 Å². The van der Waals surface area contributed by atoms with Crippen molar-refractivity contribution in [2.45, 2.75) is 239 Å². The third-order valence-corrected chi connectivity index (χ3v) is 11.0. The Hall–Kier alpha value is -3.93. The SMILES string of the molecule is CC/C=C\C/C=C\C/C=C\C/C=C\CCCCCCCCCCCCCCC(=O)OCC(COC(=O)CCCCCCC/C=C\CCC)OC(=O)CC/C=C\C/C=C\C/C=C\C/C=C\CC. The Morgan fingerprint density at radius 2 is 0.621 bits per heavy atom. The van der Waals surface area contributed by atoms with Crippen LogP contribution in [0.2, 0.25) is 0 Å². The first-order chi connectivity index (χ1) is 32.5. The standard InChI is InChI=1S/C60H98O6/c1-4-7-10-13-16-19-22-24-25-26-27-28-29-30-31-32-33-34-35-37-38-41-44-47-50-53-59(62)65-56-57(55-64-58(61)52-49-46-43-40-21-18-15-12-9-6-3)66-60(63)54-51-48-45-42-39-36-23-20-17-14-11-8-5-2/h7-8,10-12,15-17,19-20,24-25,27-28,36,39,45,48,57H,4-6,9,13-14,18,21-23,26,29-35,37-38,40-44,46-47,49-56H2,1-3H3/b10-7-,11-8-,15-12-,19-16-,20-17-,25-24-,28-27-,39-36-,48-45-. The second kappa shape index (κ2) is 53.7. The highest BCUT2D eigenvalue weighted by atomic mass is 16.6. The lowest BCUT2D eigenvalue weighted by molar-refractivity contribution is -0.166. The van der Waals surface area contributed by atoms with Gasteiger partial charge >= 0.3 is 17.9 Å². The zero-order chi connectivity index (χ0) is 47.9. The van der Waals surface area contributed by atoms with Crippen LogP contribution in [0.1, 0.15) is 233 Å². The minimum Gasteiger partial charge on any atom is -0.462 e. The van der Waals surface area contributed by atoms with E-state index in [2.05, 4.69) is 118 Å². The third-order valence-electron chi connectivity index (χ3n) is 11.0. The molecular formula is C60H98O6. The van der Waals surface area contributed by atoms with E-state index in [1.54, 1.807) is 0 Å². The molecule has 0 spiro atoms. The van der Waals surface area contributed by atoms with Crippen LogP contribution < -0.4 is 0 Å². The van der Waals surface area contributed by atoms with Crippen LogP contribution in [0.15, 0.2) is 109 Å². The first-order valence-electron chi connectivity index (χ1n) is 26.9. The van der Waals surface area contributed by atoms with Crippen molar-refractivity contribution in [1.29, 1.82) is 0 Å². The number of allylic oxidation sites excluding steroid dienone is 18. The van der Waals surface area contributed by atoms with Gasteiger partial charge in [-0.1, -0.05) is 220 Å². The maximum atomic E-state index is 12.7. The number of rotatable bonds is 47. The first kappa shape index (κ1) is 62.1. The number of hydrogen-bond donors (Lipinski definition) is 0. The Bertz CT molecular complexity index is 1370. The highest BCUT2D eigenvalue weighted by Gasteiger charge is 2.19. The van der Waals surface area contributed by atoms with Crippen molar-refractivity contribution in [2.75, 3.05) is 13.2 Å². The molecule has 0 aromatic heterocycles. The third kappa shape index (κ3) is 51.1. The second-order valence-electron chi connectivity index (χ2n) is 17.4. The predicted molar refractivity (Wildman–Crippen MR) is 283 cm³/mol. The number of unbranched alkanes of at least 4 members (excludes halogenated alkanes) is 18. The van der Waals surface area contributed by atoms with Crippen LogP contribution in [0.3, 0.4) is 0 Å². The topological polar surface area (TPSA) is 78.9 Å². The number of carbonyl (C=O) groups is 3. The lowest BCUT2D eigenvalue weighted by atomic mass is 10.0. The molecule has 0 aliphatic rings. The summed E-state index contributed by atoms with van der Waals surface area (Å²) in [5.41, 5.74) is 0.